The van der Waals surface area contributed by atoms with Gasteiger partial charge in [-0.15, -0.1) is 0 Å². The Labute approximate surface area is 136 Å². The second-order valence-corrected chi connectivity index (χ2v) is 6.03. The number of benzene rings is 1. The van der Waals surface area contributed by atoms with Crippen LogP contribution in [0.3, 0.4) is 0 Å². The Hall–Kier alpha value is -2.13. The van der Waals surface area contributed by atoms with E-state index < -0.39 is 0 Å². The van der Waals surface area contributed by atoms with Crippen molar-refractivity contribution in [3.05, 3.63) is 29.3 Å². The van der Waals surface area contributed by atoms with Crippen molar-refractivity contribution in [1.82, 2.24) is 0 Å². The summed E-state index contributed by atoms with van der Waals surface area (Å²) in [5.41, 5.74) is 2.48. The third-order valence-corrected chi connectivity index (χ3v) is 5.02. The molecule has 0 saturated heterocycles. The SMILES string of the molecule is CCOC(=O)[C@@H]1C2[C@@H](CC)C21c1cc(C)cc(OC)c1.O=C=O. The largest absolute Gasteiger partial charge is 0.497 e. The maximum Gasteiger partial charge on any atom is 0.373 e. The van der Waals surface area contributed by atoms with E-state index in [4.69, 9.17) is 19.1 Å². The number of carbonyl (C=O) groups excluding carboxylic acids is 3. The smallest absolute Gasteiger partial charge is 0.373 e. The summed E-state index contributed by atoms with van der Waals surface area (Å²) >= 11 is 0. The Morgan fingerprint density at radius 3 is 2.43 bits per heavy atom. The number of esters is 1. The molecular formula is C18H22O5. The first kappa shape index (κ1) is 17.2. The Kier molecular flexibility index (Phi) is 4.90. The highest BCUT2D eigenvalue weighted by atomic mass is 16.5. The van der Waals surface area contributed by atoms with Gasteiger partial charge in [0.25, 0.3) is 0 Å². The molecule has 23 heavy (non-hydrogen) atoms. The fourth-order valence-corrected chi connectivity index (χ4v) is 4.16. The molecule has 2 saturated carbocycles. The zero-order valence-electron chi connectivity index (χ0n) is 13.9. The molecule has 0 amide bonds. The summed E-state index contributed by atoms with van der Waals surface area (Å²) in [6.45, 7) is 6.61. The lowest BCUT2D eigenvalue weighted by Crippen LogP contribution is -2.22. The van der Waals surface area contributed by atoms with Gasteiger partial charge < -0.3 is 9.47 Å². The highest BCUT2D eigenvalue weighted by Gasteiger charge is 2.88. The number of hydrogen-bond donors (Lipinski definition) is 0. The minimum absolute atomic E-state index is 0.0253. The van der Waals surface area contributed by atoms with Crippen LogP contribution in [-0.2, 0) is 24.5 Å². The van der Waals surface area contributed by atoms with Crippen LogP contribution in [0.15, 0.2) is 18.2 Å². The molecule has 5 nitrogen and oxygen atoms in total. The zero-order chi connectivity index (χ0) is 17.2. The molecule has 0 radical (unpaired) electrons. The average molecular weight is 318 g/mol. The van der Waals surface area contributed by atoms with Crippen molar-refractivity contribution in [2.75, 3.05) is 13.7 Å². The number of fused-ring (bicyclic) bond motifs is 1. The van der Waals surface area contributed by atoms with Crippen LogP contribution in [0.25, 0.3) is 0 Å². The van der Waals surface area contributed by atoms with Gasteiger partial charge in [-0.05, 0) is 48.9 Å². The first-order chi connectivity index (χ1) is 11.0. The van der Waals surface area contributed by atoms with Gasteiger partial charge >= 0.3 is 12.1 Å². The van der Waals surface area contributed by atoms with Gasteiger partial charge in [0.05, 0.1) is 19.6 Å². The second kappa shape index (κ2) is 6.55. The lowest BCUT2D eigenvalue weighted by Gasteiger charge is -2.18. The molecule has 2 aliphatic rings. The average Bonchev–Trinajstić information content (AvgIpc) is 3.36. The van der Waals surface area contributed by atoms with Crippen molar-refractivity contribution in [2.24, 2.45) is 17.8 Å². The van der Waals surface area contributed by atoms with Crippen molar-refractivity contribution in [3.8, 4) is 5.75 Å². The van der Waals surface area contributed by atoms with Crippen molar-refractivity contribution < 1.29 is 23.9 Å². The Bertz CT molecular complexity index is 632. The van der Waals surface area contributed by atoms with E-state index in [0.29, 0.717) is 18.4 Å². The summed E-state index contributed by atoms with van der Waals surface area (Å²) in [5, 5.41) is 0. The highest BCUT2D eigenvalue weighted by molar-refractivity contribution is 5.84. The molecule has 0 spiro atoms. The van der Waals surface area contributed by atoms with E-state index in [1.807, 2.05) is 13.0 Å². The minimum atomic E-state index is -0.0253. The third-order valence-electron chi connectivity index (χ3n) is 5.02. The van der Waals surface area contributed by atoms with E-state index in [9.17, 15) is 4.79 Å². The van der Waals surface area contributed by atoms with Gasteiger partial charge in [0.2, 0.25) is 0 Å². The van der Waals surface area contributed by atoms with E-state index in [1.165, 1.54) is 11.1 Å². The van der Waals surface area contributed by atoms with Gasteiger partial charge in [-0.3, -0.25) is 4.79 Å². The molecule has 4 atom stereocenters. The van der Waals surface area contributed by atoms with Crippen LogP contribution in [0.2, 0.25) is 0 Å². The molecule has 0 N–H and O–H groups in total. The zero-order valence-corrected chi connectivity index (χ0v) is 13.9. The van der Waals surface area contributed by atoms with Gasteiger partial charge in [-0.1, -0.05) is 19.4 Å². The topological polar surface area (TPSA) is 69.7 Å². The molecular weight excluding hydrogens is 296 g/mol. The molecule has 2 aliphatic carbocycles. The third kappa shape index (κ3) is 2.66. The number of hydrogen-bond acceptors (Lipinski definition) is 5. The van der Waals surface area contributed by atoms with Crippen molar-refractivity contribution in [2.45, 2.75) is 32.6 Å². The van der Waals surface area contributed by atoms with Crippen molar-refractivity contribution in [1.29, 1.82) is 0 Å². The second-order valence-electron chi connectivity index (χ2n) is 6.03. The standard InChI is InChI=1S/C17H22O3.CO2/c1-5-13-14-15(16(18)20-6-2)17(13,14)11-7-10(3)8-12(9-11)19-4;2-1-3/h7-9,13-15H,5-6H2,1-4H3;/t13-,14?,15+,17?;/m1./s1. The fourth-order valence-electron chi connectivity index (χ4n) is 4.16. The minimum Gasteiger partial charge on any atom is -0.497 e. The fraction of sp³-hybridized carbons (Fsp3) is 0.556. The molecule has 0 aromatic heterocycles. The molecule has 5 heteroatoms. The number of ether oxygens (including phenoxy) is 2. The van der Waals surface area contributed by atoms with Crippen LogP contribution in [-0.4, -0.2) is 25.8 Å². The number of carbonyl (C=O) groups is 1. The first-order valence-electron chi connectivity index (χ1n) is 7.84. The Balaban J connectivity index is 0.000000595. The highest BCUT2D eigenvalue weighted by Crippen LogP contribution is 2.85. The van der Waals surface area contributed by atoms with Gasteiger partial charge in [-0.2, -0.15) is 9.59 Å². The molecule has 124 valence electrons. The van der Waals surface area contributed by atoms with Crippen LogP contribution in [0.1, 0.15) is 31.4 Å². The van der Waals surface area contributed by atoms with Gasteiger partial charge in [0, 0.05) is 5.41 Å². The van der Waals surface area contributed by atoms with Crippen LogP contribution in [0.4, 0.5) is 0 Å². The summed E-state index contributed by atoms with van der Waals surface area (Å²) in [5.74, 6) is 2.03. The summed E-state index contributed by atoms with van der Waals surface area (Å²) in [6, 6.07) is 6.32. The molecule has 0 aliphatic heterocycles. The van der Waals surface area contributed by atoms with Crippen molar-refractivity contribution in [3.63, 3.8) is 0 Å². The summed E-state index contributed by atoms with van der Waals surface area (Å²) in [7, 11) is 1.69. The van der Waals surface area contributed by atoms with E-state index in [1.54, 1.807) is 7.11 Å². The lowest BCUT2D eigenvalue weighted by atomic mass is 9.88. The van der Waals surface area contributed by atoms with Crippen molar-refractivity contribution >= 4 is 12.1 Å². The summed E-state index contributed by atoms with van der Waals surface area (Å²) in [6.07, 6.45) is 1.37. The monoisotopic (exact) mass is 318 g/mol. The molecule has 2 unspecified atom stereocenters. The summed E-state index contributed by atoms with van der Waals surface area (Å²) < 4.78 is 10.6. The van der Waals surface area contributed by atoms with Crippen LogP contribution in [0.5, 0.6) is 5.75 Å². The van der Waals surface area contributed by atoms with Crippen LogP contribution >= 0.6 is 0 Å². The number of methoxy groups -OCH3 is 1. The molecule has 2 fully saturated rings. The Morgan fingerprint density at radius 1 is 1.26 bits per heavy atom. The predicted octanol–water partition coefficient (Wildman–Crippen LogP) is 2.51. The molecule has 0 bridgehead atoms. The van der Waals surface area contributed by atoms with E-state index in [-0.39, 0.29) is 23.5 Å². The first-order valence-corrected chi connectivity index (χ1v) is 7.84. The molecule has 1 aromatic rings. The normalized spacial score (nSPS) is 29.3. The predicted molar refractivity (Wildman–Crippen MR) is 81.8 cm³/mol. The number of rotatable bonds is 5. The van der Waals surface area contributed by atoms with Crippen LogP contribution < -0.4 is 4.74 Å². The quantitative estimate of drug-likeness (QED) is 0.780. The van der Waals surface area contributed by atoms with Gasteiger partial charge in [0.15, 0.2) is 0 Å². The summed E-state index contributed by atoms with van der Waals surface area (Å²) in [4.78, 5) is 28.3. The van der Waals surface area contributed by atoms with Gasteiger partial charge in [0.1, 0.15) is 5.75 Å². The Morgan fingerprint density at radius 2 is 1.91 bits per heavy atom. The molecule has 1 aromatic carbocycles. The maximum absolute atomic E-state index is 12.1. The number of aryl methyl sites for hydroxylation is 1. The lowest BCUT2D eigenvalue weighted by molar-refractivity contribution is -0.191. The molecule has 0 heterocycles. The van der Waals surface area contributed by atoms with E-state index in [2.05, 4.69) is 26.0 Å². The van der Waals surface area contributed by atoms with E-state index >= 15 is 0 Å². The maximum atomic E-state index is 12.1. The van der Waals surface area contributed by atoms with Crippen LogP contribution in [0, 0.1) is 24.7 Å². The van der Waals surface area contributed by atoms with E-state index in [0.717, 1.165) is 12.2 Å². The molecule has 3 rings (SSSR count). The van der Waals surface area contributed by atoms with Gasteiger partial charge in [-0.25, -0.2) is 0 Å².